The number of amides is 1. The van der Waals surface area contributed by atoms with Gasteiger partial charge >= 0.3 is 10.9 Å². The molecule has 0 aliphatic rings. The smallest absolute Gasteiger partial charge is 0.415 e. The zero-order valence-corrected chi connectivity index (χ0v) is 13.7. The van der Waals surface area contributed by atoms with Crippen LogP contribution in [0.15, 0.2) is 69.1 Å². The minimum atomic E-state index is -4.23. The van der Waals surface area contributed by atoms with Crippen molar-refractivity contribution in [2.75, 3.05) is 0 Å². The van der Waals surface area contributed by atoms with Gasteiger partial charge in [0.05, 0.1) is 10.1 Å². The number of sulfone groups is 1. The number of aromatic nitrogens is 2. The van der Waals surface area contributed by atoms with Crippen LogP contribution in [0.5, 0.6) is 11.6 Å². The van der Waals surface area contributed by atoms with Gasteiger partial charge in [0.2, 0.25) is 0 Å². The summed E-state index contributed by atoms with van der Waals surface area (Å²) in [5.74, 6) is -1.19. The Morgan fingerprint density at radius 2 is 1.81 bits per heavy atom. The summed E-state index contributed by atoms with van der Waals surface area (Å²) in [6, 6.07) is 12.5. The first-order valence-electron chi connectivity index (χ1n) is 7.05. The van der Waals surface area contributed by atoms with Crippen LogP contribution in [0.25, 0.3) is 0 Å². The third-order valence-electron chi connectivity index (χ3n) is 3.29. The molecule has 0 radical (unpaired) electrons. The van der Waals surface area contributed by atoms with E-state index >= 15 is 0 Å². The second kappa shape index (κ2) is 6.82. The molecule has 11 heteroatoms. The normalized spacial score (nSPS) is 11.1. The lowest BCUT2D eigenvalue weighted by molar-refractivity contribution is -0.832. The average molecular weight is 377 g/mol. The molecule has 0 saturated heterocycles. The van der Waals surface area contributed by atoms with Gasteiger partial charge in [-0.25, -0.2) is 13.9 Å². The quantitative estimate of drug-likeness (QED) is 0.381. The molecule has 2 aromatic carbocycles. The van der Waals surface area contributed by atoms with Crippen molar-refractivity contribution in [3.05, 3.63) is 65.4 Å². The fourth-order valence-electron chi connectivity index (χ4n) is 2.07. The number of ether oxygens (including phenoxy) is 1. The molecular weight excluding hydrogens is 366 g/mol. The summed E-state index contributed by atoms with van der Waals surface area (Å²) in [4.78, 5) is 10.9. The van der Waals surface area contributed by atoms with Crippen LogP contribution in [0, 0.1) is 5.21 Å². The van der Waals surface area contributed by atoms with Crippen LogP contribution in [0.1, 0.15) is 10.4 Å². The van der Waals surface area contributed by atoms with Gasteiger partial charge in [0.25, 0.3) is 15.7 Å². The van der Waals surface area contributed by atoms with Crippen LogP contribution in [0.2, 0.25) is 0 Å². The highest BCUT2D eigenvalue weighted by atomic mass is 32.2. The number of hydroxylamine groups is 1. The zero-order valence-electron chi connectivity index (χ0n) is 12.9. The molecule has 26 heavy (non-hydrogen) atoms. The molecule has 0 atom stereocenters. The van der Waals surface area contributed by atoms with Crippen LogP contribution in [0.4, 0.5) is 0 Å². The van der Waals surface area contributed by atoms with Gasteiger partial charge < -0.3 is 9.94 Å². The van der Waals surface area contributed by atoms with Crippen molar-refractivity contribution in [3.8, 4) is 11.6 Å². The molecule has 1 amide bonds. The van der Waals surface area contributed by atoms with Gasteiger partial charge in [-0.1, -0.05) is 18.2 Å². The van der Waals surface area contributed by atoms with E-state index in [9.17, 15) is 18.4 Å². The second-order valence-corrected chi connectivity index (χ2v) is 6.79. The molecule has 0 fully saturated rings. The lowest BCUT2D eigenvalue weighted by Crippen LogP contribution is -2.30. The van der Waals surface area contributed by atoms with E-state index in [0.717, 1.165) is 0 Å². The van der Waals surface area contributed by atoms with Crippen molar-refractivity contribution < 1.29 is 32.7 Å². The Bertz CT molecular complexity index is 1030. The Hall–Kier alpha value is -3.44. The lowest BCUT2D eigenvalue weighted by atomic mass is 10.2. The summed E-state index contributed by atoms with van der Waals surface area (Å²) < 4.78 is 34.9. The first kappa shape index (κ1) is 17.4. The summed E-state index contributed by atoms with van der Waals surface area (Å²) >= 11 is 0. The molecule has 134 valence electrons. The van der Waals surface area contributed by atoms with E-state index in [0.29, 0.717) is 0 Å². The lowest BCUT2D eigenvalue weighted by Gasteiger charge is -2.04. The molecular formula is C15H11N3O7S. The summed E-state index contributed by atoms with van der Waals surface area (Å²) in [5.41, 5.74) is 1.61. The van der Waals surface area contributed by atoms with Crippen LogP contribution in [-0.4, -0.2) is 24.7 Å². The molecule has 1 heterocycles. The number of benzene rings is 2. The van der Waals surface area contributed by atoms with Gasteiger partial charge in [-0.3, -0.25) is 14.6 Å². The molecule has 1 aromatic heterocycles. The van der Waals surface area contributed by atoms with Gasteiger partial charge in [0.1, 0.15) is 5.75 Å². The number of nitrogens with zero attached hydrogens (tertiary/aromatic N) is 2. The van der Waals surface area contributed by atoms with Gasteiger partial charge in [-0.2, -0.15) is 0 Å². The van der Waals surface area contributed by atoms with Crippen molar-refractivity contribution in [3.63, 3.8) is 0 Å². The van der Waals surface area contributed by atoms with Gasteiger partial charge in [-0.15, -0.1) is 0 Å². The SMILES string of the molecule is O=C(NO)c1ccc(Oc2no[n+]([O-])c2S(=O)(=O)c2ccccc2)cc1. The van der Waals surface area contributed by atoms with Gasteiger partial charge in [0, 0.05) is 5.56 Å². The topological polar surface area (TPSA) is 146 Å². The van der Waals surface area contributed by atoms with Crippen molar-refractivity contribution in [2.24, 2.45) is 0 Å². The first-order chi connectivity index (χ1) is 12.4. The van der Waals surface area contributed by atoms with E-state index in [1.807, 2.05) is 0 Å². The number of carbonyl (C=O) groups excluding carboxylic acids is 1. The van der Waals surface area contributed by atoms with Gasteiger partial charge in [-0.05, 0) is 41.3 Å². The van der Waals surface area contributed by atoms with Gasteiger partial charge in [0.15, 0.2) is 0 Å². The minimum Gasteiger partial charge on any atom is -0.415 e. The minimum absolute atomic E-state index is 0.0953. The molecule has 3 aromatic rings. The predicted octanol–water partition coefficient (Wildman–Crippen LogP) is 1.05. The predicted molar refractivity (Wildman–Crippen MR) is 83.1 cm³/mol. The van der Waals surface area contributed by atoms with E-state index in [1.165, 1.54) is 54.0 Å². The maximum atomic E-state index is 12.6. The maximum Gasteiger partial charge on any atom is 0.420 e. The third-order valence-corrected chi connectivity index (χ3v) is 5.01. The number of hydrogen-bond donors (Lipinski definition) is 2. The highest BCUT2D eigenvalue weighted by Gasteiger charge is 2.36. The molecule has 10 nitrogen and oxygen atoms in total. The second-order valence-electron chi connectivity index (χ2n) is 4.92. The Kier molecular flexibility index (Phi) is 4.56. The molecule has 0 bridgehead atoms. The zero-order chi connectivity index (χ0) is 18.7. The van der Waals surface area contributed by atoms with Crippen LogP contribution in [-0.2, 0) is 9.84 Å². The maximum absolute atomic E-state index is 12.6. The fraction of sp³-hybridized carbons (Fsp3) is 0. The Morgan fingerprint density at radius 1 is 1.15 bits per heavy atom. The number of hydrogen-bond acceptors (Lipinski definition) is 8. The van der Waals surface area contributed by atoms with Crippen molar-refractivity contribution in [1.29, 1.82) is 0 Å². The number of carbonyl (C=O) groups is 1. The van der Waals surface area contributed by atoms with E-state index in [4.69, 9.17) is 9.94 Å². The average Bonchev–Trinajstić information content (AvgIpc) is 3.03. The first-order valence-corrected chi connectivity index (χ1v) is 8.54. The van der Waals surface area contributed by atoms with Crippen molar-refractivity contribution in [2.45, 2.75) is 9.92 Å². The molecule has 0 spiro atoms. The van der Waals surface area contributed by atoms with E-state index in [2.05, 4.69) is 9.79 Å². The monoisotopic (exact) mass is 377 g/mol. The summed E-state index contributed by atoms with van der Waals surface area (Å²) in [6.07, 6.45) is 0. The van der Waals surface area contributed by atoms with Crippen LogP contribution >= 0.6 is 0 Å². The highest BCUT2D eigenvalue weighted by Crippen LogP contribution is 2.28. The summed E-state index contributed by atoms with van der Waals surface area (Å²) in [7, 11) is -4.23. The largest absolute Gasteiger partial charge is 0.420 e. The van der Waals surface area contributed by atoms with E-state index in [1.54, 1.807) is 6.07 Å². The van der Waals surface area contributed by atoms with Crippen molar-refractivity contribution >= 4 is 15.7 Å². The van der Waals surface area contributed by atoms with Crippen LogP contribution < -0.4 is 15.1 Å². The van der Waals surface area contributed by atoms with Crippen molar-refractivity contribution in [1.82, 2.24) is 10.6 Å². The van der Waals surface area contributed by atoms with E-state index < -0.39 is 26.7 Å². The summed E-state index contributed by atoms with van der Waals surface area (Å²) in [6.45, 7) is 0. The van der Waals surface area contributed by atoms with Crippen LogP contribution in [0.3, 0.4) is 0 Å². The highest BCUT2D eigenvalue weighted by molar-refractivity contribution is 7.91. The Balaban J connectivity index is 1.95. The summed E-state index contributed by atoms with van der Waals surface area (Å²) in [5, 5.41) is 22.9. The molecule has 0 aliphatic carbocycles. The third kappa shape index (κ3) is 3.20. The standard InChI is InChI=1S/C15H11N3O7S/c19-13(16-20)10-6-8-11(9-7-10)24-14-15(18(21)25-17-14)26(22,23)12-4-2-1-3-5-12/h1-9,20H,(H,16,19). The molecule has 0 aliphatic heterocycles. The number of rotatable bonds is 5. The Labute approximate surface area is 146 Å². The van der Waals surface area contributed by atoms with E-state index in [-0.39, 0.29) is 21.1 Å². The molecule has 3 rings (SSSR count). The Morgan fingerprint density at radius 3 is 2.42 bits per heavy atom. The number of nitrogens with one attached hydrogen (secondary N) is 1. The molecule has 0 saturated carbocycles. The molecule has 0 unspecified atom stereocenters. The molecule has 2 N–H and O–H groups in total. The fourth-order valence-corrected chi connectivity index (χ4v) is 3.34.